The van der Waals surface area contributed by atoms with Crippen molar-refractivity contribution in [2.75, 3.05) is 13.7 Å². The lowest BCUT2D eigenvalue weighted by Gasteiger charge is -2.10. The maximum Gasteiger partial charge on any atom is 0.339 e. The second kappa shape index (κ2) is 5.42. The maximum absolute atomic E-state index is 11.0. The Hall–Kier alpha value is -1.67. The van der Waals surface area contributed by atoms with Crippen molar-refractivity contribution in [3.05, 3.63) is 22.2 Å². The van der Waals surface area contributed by atoms with E-state index < -0.39 is 5.97 Å². The van der Waals surface area contributed by atoms with E-state index in [0.717, 1.165) is 0 Å². The molecule has 1 aromatic carbocycles. The molecule has 0 saturated heterocycles. The Kier molecular flexibility index (Phi) is 4.20. The lowest BCUT2D eigenvalue weighted by atomic mass is 10.2. The van der Waals surface area contributed by atoms with Crippen molar-refractivity contribution < 1.29 is 19.4 Å². The lowest BCUT2D eigenvalue weighted by molar-refractivity contribution is 0.0692. The summed E-state index contributed by atoms with van der Waals surface area (Å²) in [5, 5.41) is 9.00. The zero-order valence-corrected chi connectivity index (χ0v) is 10.1. The summed E-state index contributed by atoms with van der Waals surface area (Å²) < 4.78 is 10.6. The Balaban J connectivity index is 3.23. The molecule has 1 N–H and O–H groups in total. The first-order chi connectivity index (χ1) is 7.60. The van der Waals surface area contributed by atoms with Crippen LogP contribution in [0.4, 0.5) is 0 Å². The number of carboxylic acid groups (broad SMARTS) is 1. The smallest absolute Gasteiger partial charge is 0.339 e. The molecule has 0 fully saturated rings. The van der Waals surface area contributed by atoms with Crippen molar-refractivity contribution in [3.63, 3.8) is 0 Å². The molecule has 5 heteroatoms. The van der Waals surface area contributed by atoms with Crippen LogP contribution in [0.2, 0.25) is 0 Å². The third kappa shape index (κ3) is 2.67. The minimum Gasteiger partial charge on any atom is -0.497 e. The van der Waals surface area contributed by atoms with Crippen molar-refractivity contribution in [1.82, 2.24) is 0 Å². The predicted octanol–water partition coefficient (Wildman–Crippen LogP) is 2.17. The monoisotopic (exact) mass is 284 g/mol. The lowest BCUT2D eigenvalue weighted by Crippen LogP contribution is -2.04. The summed E-state index contributed by atoms with van der Waals surface area (Å²) in [4.78, 5) is 11.0. The number of ether oxygens (including phenoxy) is 2. The van der Waals surface area contributed by atoms with E-state index in [1.807, 2.05) is 0 Å². The summed E-state index contributed by atoms with van der Waals surface area (Å²) in [5.74, 6) is 1.79. The fraction of sp³-hybridized carbons (Fsp3) is 0.182. The van der Waals surface area contributed by atoms with Gasteiger partial charge in [-0.3, -0.25) is 0 Å². The topological polar surface area (TPSA) is 55.8 Å². The molecular weight excluding hydrogens is 276 g/mol. The molecule has 0 amide bonds. The van der Waals surface area contributed by atoms with E-state index in [-0.39, 0.29) is 17.9 Å². The molecule has 4 nitrogen and oxygen atoms in total. The molecule has 0 saturated carbocycles. The molecule has 0 radical (unpaired) electrons. The molecule has 0 aliphatic carbocycles. The van der Waals surface area contributed by atoms with Gasteiger partial charge in [-0.2, -0.15) is 0 Å². The third-order valence-electron chi connectivity index (χ3n) is 1.78. The van der Waals surface area contributed by atoms with E-state index in [1.54, 1.807) is 6.07 Å². The van der Waals surface area contributed by atoms with Gasteiger partial charge < -0.3 is 14.6 Å². The minimum atomic E-state index is -1.10. The van der Waals surface area contributed by atoms with Gasteiger partial charge in [-0.25, -0.2) is 4.79 Å². The van der Waals surface area contributed by atoms with Gasteiger partial charge in [0.05, 0.1) is 11.6 Å². The Morgan fingerprint density at radius 3 is 2.81 bits per heavy atom. The molecular formula is C11H9BrO4. The molecule has 0 spiro atoms. The van der Waals surface area contributed by atoms with Gasteiger partial charge in [-0.1, -0.05) is 5.92 Å². The predicted molar refractivity (Wildman–Crippen MR) is 62.0 cm³/mol. The standard InChI is InChI=1S/C11H9BrO4/c1-3-4-16-10-8(11(13)14)5-7(15-2)6-9(10)12/h1,5-6H,4H2,2H3,(H,13,14). The highest BCUT2D eigenvalue weighted by molar-refractivity contribution is 9.10. The number of hydrogen-bond donors (Lipinski definition) is 1. The second-order valence-corrected chi connectivity index (χ2v) is 3.64. The van der Waals surface area contributed by atoms with Crippen LogP contribution in [-0.2, 0) is 0 Å². The van der Waals surface area contributed by atoms with Crippen molar-refractivity contribution in [3.8, 4) is 23.8 Å². The highest BCUT2D eigenvalue weighted by Gasteiger charge is 2.16. The molecule has 0 unspecified atom stereocenters. The summed E-state index contributed by atoms with van der Waals surface area (Å²) in [7, 11) is 1.45. The number of rotatable bonds is 4. The zero-order chi connectivity index (χ0) is 12.1. The molecule has 1 rings (SSSR count). The van der Waals surface area contributed by atoms with E-state index >= 15 is 0 Å². The van der Waals surface area contributed by atoms with Gasteiger partial charge in [0.25, 0.3) is 0 Å². The van der Waals surface area contributed by atoms with Crippen LogP contribution >= 0.6 is 15.9 Å². The van der Waals surface area contributed by atoms with Crippen LogP contribution in [0.15, 0.2) is 16.6 Å². The van der Waals surface area contributed by atoms with Gasteiger partial charge in [0, 0.05) is 0 Å². The van der Waals surface area contributed by atoms with Gasteiger partial charge >= 0.3 is 5.97 Å². The minimum absolute atomic E-state index is 0.00137. The van der Waals surface area contributed by atoms with Crippen molar-refractivity contribution >= 4 is 21.9 Å². The number of halogens is 1. The van der Waals surface area contributed by atoms with Crippen LogP contribution in [0.25, 0.3) is 0 Å². The zero-order valence-electron chi connectivity index (χ0n) is 8.49. The number of benzene rings is 1. The number of aromatic carboxylic acids is 1. The fourth-order valence-electron chi connectivity index (χ4n) is 1.11. The average Bonchev–Trinajstić information content (AvgIpc) is 2.26. The first-order valence-corrected chi connectivity index (χ1v) is 5.06. The van der Waals surface area contributed by atoms with Gasteiger partial charge in [0.15, 0.2) is 0 Å². The SMILES string of the molecule is C#CCOc1c(Br)cc(OC)cc1C(=O)O. The van der Waals surface area contributed by atoms with Crippen LogP contribution in [0.3, 0.4) is 0 Å². The highest BCUT2D eigenvalue weighted by Crippen LogP contribution is 2.33. The second-order valence-electron chi connectivity index (χ2n) is 2.78. The maximum atomic E-state index is 11.0. The van der Waals surface area contributed by atoms with E-state index in [2.05, 4.69) is 21.9 Å². The first-order valence-electron chi connectivity index (χ1n) is 4.27. The van der Waals surface area contributed by atoms with Crippen molar-refractivity contribution in [1.29, 1.82) is 0 Å². The Labute approximate surface area is 101 Å². The third-order valence-corrected chi connectivity index (χ3v) is 2.37. The van der Waals surface area contributed by atoms with Gasteiger partial charge in [0.2, 0.25) is 0 Å². The summed E-state index contributed by atoms with van der Waals surface area (Å²) in [6.07, 6.45) is 5.05. The van der Waals surface area contributed by atoms with Gasteiger partial charge in [0.1, 0.15) is 23.7 Å². The molecule has 1 aromatic rings. The number of carbonyl (C=O) groups is 1. The van der Waals surface area contributed by atoms with E-state index in [0.29, 0.717) is 10.2 Å². The van der Waals surface area contributed by atoms with Gasteiger partial charge in [-0.15, -0.1) is 6.42 Å². The van der Waals surface area contributed by atoms with Crippen LogP contribution in [0.5, 0.6) is 11.5 Å². The van der Waals surface area contributed by atoms with Crippen molar-refractivity contribution in [2.24, 2.45) is 0 Å². The van der Waals surface area contributed by atoms with Crippen LogP contribution in [0.1, 0.15) is 10.4 Å². The molecule has 84 valence electrons. The molecule has 0 heterocycles. The molecule has 16 heavy (non-hydrogen) atoms. The van der Waals surface area contributed by atoms with E-state index in [4.69, 9.17) is 21.0 Å². The highest BCUT2D eigenvalue weighted by atomic mass is 79.9. The Bertz CT molecular complexity index is 448. The largest absolute Gasteiger partial charge is 0.497 e. The van der Waals surface area contributed by atoms with Crippen LogP contribution < -0.4 is 9.47 Å². The normalized spacial score (nSPS) is 9.31. The molecule has 0 atom stereocenters. The quantitative estimate of drug-likeness (QED) is 0.861. The van der Waals surface area contributed by atoms with Gasteiger partial charge in [-0.05, 0) is 28.1 Å². The first kappa shape index (κ1) is 12.4. The molecule has 0 aliphatic rings. The van der Waals surface area contributed by atoms with E-state index in [1.165, 1.54) is 13.2 Å². The Morgan fingerprint density at radius 2 is 2.31 bits per heavy atom. The van der Waals surface area contributed by atoms with Crippen LogP contribution in [-0.4, -0.2) is 24.8 Å². The number of methoxy groups -OCH3 is 1. The number of carboxylic acids is 1. The Morgan fingerprint density at radius 1 is 1.62 bits per heavy atom. The number of hydrogen-bond acceptors (Lipinski definition) is 3. The average molecular weight is 285 g/mol. The summed E-state index contributed by atoms with van der Waals surface area (Å²) >= 11 is 3.20. The molecule has 0 aromatic heterocycles. The van der Waals surface area contributed by atoms with Crippen LogP contribution in [0, 0.1) is 12.3 Å². The summed E-state index contributed by atoms with van der Waals surface area (Å²) in [6, 6.07) is 2.98. The molecule has 0 bridgehead atoms. The van der Waals surface area contributed by atoms with E-state index in [9.17, 15) is 4.79 Å². The van der Waals surface area contributed by atoms with Crippen molar-refractivity contribution in [2.45, 2.75) is 0 Å². The fourth-order valence-corrected chi connectivity index (χ4v) is 1.66. The summed E-state index contributed by atoms with van der Waals surface area (Å²) in [6.45, 7) is 0.00517. The number of terminal acetylenes is 1. The summed E-state index contributed by atoms with van der Waals surface area (Å²) in [5.41, 5.74) is 0.00137. The molecule has 0 aliphatic heterocycles.